The molecule has 1 aliphatic carbocycles. The highest BCUT2D eigenvalue weighted by Gasteiger charge is 2.45. The van der Waals surface area contributed by atoms with Gasteiger partial charge in [0.2, 0.25) is 0 Å². The molecule has 1 saturated carbocycles. The van der Waals surface area contributed by atoms with Gasteiger partial charge >= 0.3 is 0 Å². The molecule has 0 bridgehead atoms. The van der Waals surface area contributed by atoms with E-state index < -0.39 is 0 Å². The van der Waals surface area contributed by atoms with Crippen LogP contribution in [0.3, 0.4) is 0 Å². The van der Waals surface area contributed by atoms with Gasteiger partial charge in [0.1, 0.15) is 0 Å². The lowest BCUT2D eigenvalue weighted by molar-refractivity contribution is -0.203. The maximum Gasteiger partial charge on any atom is 0.158 e. The highest BCUT2D eigenvalue weighted by molar-refractivity contribution is 5.15. The third-order valence-electron chi connectivity index (χ3n) is 9.72. The SMILES string of the molecule is OCCCC/C=C\C[C@@H]1[C@@H](/C=C/[C@H](CCc2ccccc2)OC2CCCCO2)[C@H](OC2CCCCO2)C[C@@H]1OC1CCCCO1. The number of ether oxygens (including phenoxy) is 6. The maximum atomic E-state index is 9.19. The number of allylic oxidation sites excluding steroid dienone is 2. The van der Waals surface area contributed by atoms with Gasteiger partial charge in [-0.05, 0) is 108 Å². The number of aliphatic hydroxyl groups is 1. The van der Waals surface area contributed by atoms with Crippen molar-refractivity contribution in [2.75, 3.05) is 26.4 Å². The summed E-state index contributed by atoms with van der Waals surface area (Å²) in [5.41, 5.74) is 1.32. The van der Waals surface area contributed by atoms with Crippen LogP contribution in [0.25, 0.3) is 0 Å². The third kappa shape index (κ3) is 11.9. The van der Waals surface area contributed by atoms with E-state index >= 15 is 0 Å². The second-order valence-corrected chi connectivity index (χ2v) is 13.2. The fourth-order valence-electron chi connectivity index (χ4n) is 7.16. The van der Waals surface area contributed by atoms with E-state index in [1.165, 1.54) is 5.56 Å². The van der Waals surface area contributed by atoms with Crippen molar-refractivity contribution < 1.29 is 33.5 Å². The number of hydrogen-bond donors (Lipinski definition) is 1. The van der Waals surface area contributed by atoms with Crippen molar-refractivity contribution in [1.82, 2.24) is 0 Å². The van der Waals surface area contributed by atoms with Gasteiger partial charge in [0.25, 0.3) is 0 Å². The van der Waals surface area contributed by atoms with Crippen LogP contribution in [0.2, 0.25) is 0 Å². The van der Waals surface area contributed by atoms with Gasteiger partial charge in [0, 0.05) is 38.8 Å². The minimum atomic E-state index is -0.153. The van der Waals surface area contributed by atoms with Crippen molar-refractivity contribution in [3.63, 3.8) is 0 Å². The largest absolute Gasteiger partial charge is 0.396 e. The Labute approximate surface area is 271 Å². The number of aryl methyl sites for hydroxylation is 1. The van der Waals surface area contributed by atoms with Gasteiger partial charge in [0.15, 0.2) is 18.9 Å². The molecule has 252 valence electrons. The summed E-state index contributed by atoms with van der Waals surface area (Å²) in [7, 11) is 0. The molecule has 3 aliphatic heterocycles. The first-order chi connectivity index (χ1) is 22.3. The summed E-state index contributed by atoms with van der Waals surface area (Å²) in [4.78, 5) is 0. The van der Waals surface area contributed by atoms with E-state index in [1.807, 2.05) is 0 Å². The van der Waals surface area contributed by atoms with E-state index in [0.29, 0.717) is 0 Å². The summed E-state index contributed by atoms with van der Waals surface area (Å²) >= 11 is 0. The summed E-state index contributed by atoms with van der Waals surface area (Å²) in [6.07, 6.45) is 24.9. The molecular formula is C38H58O7. The zero-order valence-electron chi connectivity index (χ0n) is 27.4. The lowest BCUT2D eigenvalue weighted by Gasteiger charge is -2.30. The molecule has 3 unspecified atom stereocenters. The van der Waals surface area contributed by atoms with Crippen LogP contribution in [-0.4, -0.2) is 68.7 Å². The van der Waals surface area contributed by atoms with E-state index in [4.69, 9.17) is 28.4 Å². The zero-order valence-corrected chi connectivity index (χ0v) is 27.4. The molecule has 8 atom stereocenters. The summed E-state index contributed by atoms with van der Waals surface area (Å²) in [6.45, 7) is 2.57. The molecule has 0 amide bonds. The minimum absolute atomic E-state index is 0.00596. The fraction of sp³-hybridized carbons (Fsp3) is 0.737. The van der Waals surface area contributed by atoms with Crippen molar-refractivity contribution in [3.8, 4) is 0 Å². The smallest absolute Gasteiger partial charge is 0.158 e. The van der Waals surface area contributed by atoms with Crippen LogP contribution in [0.5, 0.6) is 0 Å². The van der Waals surface area contributed by atoms with Gasteiger partial charge in [-0.25, -0.2) is 0 Å². The molecule has 3 heterocycles. The number of benzene rings is 1. The van der Waals surface area contributed by atoms with Gasteiger partial charge in [-0.2, -0.15) is 0 Å². The number of unbranched alkanes of at least 4 members (excludes halogenated alkanes) is 2. The van der Waals surface area contributed by atoms with Crippen LogP contribution < -0.4 is 0 Å². The molecule has 4 aliphatic rings. The Hall–Kier alpha value is -1.58. The summed E-state index contributed by atoms with van der Waals surface area (Å²) in [6, 6.07) is 10.7. The predicted octanol–water partition coefficient (Wildman–Crippen LogP) is 7.66. The van der Waals surface area contributed by atoms with Crippen LogP contribution >= 0.6 is 0 Å². The van der Waals surface area contributed by atoms with Crippen LogP contribution in [0.4, 0.5) is 0 Å². The molecule has 7 nitrogen and oxygen atoms in total. The van der Waals surface area contributed by atoms with Crippen molar-refractivity contribution in [2.24, 2.45) is 11.8 Å². The van der Waals surface area contributed by atoms with Crippen LogP contribution in [0.15, 0.2) is 54.6 Å². The number of aliphatic hydroxyl groups excluding tert-OH is 1. The van der Waals surface area contributed by atoms with E-state index in [0.717, 1.165) is 123 Å². The number of rotatable bonds is 17. The van der Waals surface area contributed by atoms with Crippen molar-refractivity contribution >= 4 is 0 Å². The fourth-order valence-corrected chi connectivity index (χ4v) is 7.16. The molecule has 1 aromatic carbocycles. The van der Waals surface area contributed by atoms with Gasteiger partial charge in [-0.3, -0.25) is 0 Å². The van der Waals surface area contributed by atoms with Crippen LogP contribution in [0.1, 0.15) is 102 Å². The molecule has 0 aromatic heterocycles. The summed E-state index contributed by atoms with van der Waals surface area (Å²) in [5.74, 6) is 0.427. The molecule has 4 fully saturated rings. The molecule has 0 radical (unpaired) electrons. The van der Waals surface area contributed by atoms with E-state index in [9.17, 15) is 5.11 Å². The number of hydrogen-bond acceptors (Lipinski definition) is 7. The quantitative estimate of drug-likeness (QED) is 0.141. The minimum Gasteiger partial charge on any atom is -0.396 e. The van der Waals surface area contributed by atoms with Crippen LogP contribution in [-0.2, 0) is 34.8 Å². The van der Waals surface area contributed by atoms with E-state index in [-0.39, 0.29) is 55.6 Å². The monoisotopic (exact) mass is 626 g/mol. The molecule has 0 spiro atoms. The highest BCUT2D eigenvalue weighted by Crippen LogP contribution is 2.42. The molecule has 45 heavy (non-hydrogen) atoms. The first-order valence-corrected chi connectivity index (χ1v) is 18.1. The summed E-state index contributed by atoms with van der Waals surface area (Å²) < 4.78 is 38.3. The standard InChI is InChI=1S/C38H58O7/c39-25-11-3-1-2-7-17-32-33(24-23-31(43-36-18-8-12-26-40-36)22-21-30-15-5-4-6-16-30)35(45-38-20-10-14-28-42-38)29-34(32)44-37-19-9-13-27-41-37/h2,4-7,15-16,23-24,31-39H,1,3,8-14,17-22,25-29H2/b7-2-,24-23+/t31-,32+,33+,34-,35+,36?,37?,38?/m0/s1. The molecule has 5 rings (SSSR count). The lowest BCUT2D eigenvalue weighted by Crippen LogP contribution is -2.31. The molecular weight excluding hydrogens is 568 g/mol. The lowest BCUT2D eigenvalue weighted by atomic mass is 9.89. The Kier molecular flexibility index (Phi) is 15.4. The second-order valence-electron chi connectivity index (χ2n) is 13.2. The van der Waals surface area contributed by atoms with Gasteiger partial charge < -0.3 is 33.5 Å². The second kappa shape index (κ2) is 19.9. The third-order valence-corrected chi connectivity index (χ3v) is 9.72. The summed E-state index contributed by atoms with van der Waals surface area (Å²) in [5, 5.41) is 9.19. The Morgan fingerprint density at radius 2 is 1.44 bits per heavy atom. The Morgan fingerprint density at radius 3 is 2.09 bits per heavy atom. The maximum absolute atomic E-state index is 9.19. The normalized spacial score (nSPS) is 32.0. The van der Waals surface area contributed by atoms with Gasteiger partial charge in [-0.1, -0.05) is 54.6 Å². The molecule has 1 N–H and O–H groups in total. The van der Waals surface area contributed by atoms with Crippen molar-refractivity contribution in [3.05, 3.63) is 60.2 Å². The Morgan fingerprint density at radius 1 is 0.778 bits per heavy atom. The first kappa shape index (κ1) is 34.7. The Bertz CT molecular complexity index is 966. The predicted molar refractivity (Wildman–Crippen MR) is 176 cm³/mol. The van der Waals surface area contributed by atoms with Crippen molar-refractivity contribution in [2.45, 2.75) is 140 Å². The van der Waals surface area contributed by atoms with Gasteiger partial charge in [0.05, 0.1) is 18.3 Å². The molecule has 7 heteroatoms. The highest BCUT2D eigenvalue weighted by atomic mass is 16.7. The van der Waals surface area contributed by atoms with E-state index in [2.05, 4.69) is 54.6 Å². The first-order valence-electron chi connectivity index (χ1n) is 18.1. The average Bonchev–Trinajstić information content (AvgIpc) is 3.40. The van der Waals surface area contributed by atoms with Gasteiger partial charge in [-0.15, -0.1) is 0 Å². The zero-order chi connectivity index (χ0) is 30.9. The van der Waals surface area contributed by atoms with Crippen molar-refractivity contribution in [1.29, 1.82) is 0 Å². The molecule has 1 aromatic rings. The average molecular weight is 627 g/mol. The topological polar surface area (TPSA) is 75.6 Å². The van der Waals surface area contributed by atoms with Crippen LogP contribution in [0, 0.1) is 11.8 Å². The van der Waals surface area contributed by atoms with E-state index in [1.54, 1.807) is 0 Å². The molecule has 3 saturated heterocycles. The Balaban J connectivity index is 1.34.